The van der Waals surface area contributed by atoms with Gasteiger partial charge in [0, 0.05) is 37.9 Å². The molecule has 3 N–H and O–H groups in total. The number of benzene rings is 3. The highest BCUT2D eigenvalue weighted by molar-refractivity contribution is 5.89. The maximum Gasteiger partial charge on any atom is 0.142 e. The van der Waals surface area contributed by atoms with Crippen molar-refractivity contribution < 1.29 is 24.9 Å². The number of aromatic hydroxyl groups is 2. The molecule has 3 aromatic rings. The molecule has 0 radical (unpaired) electrons. The van der Waals surface area contributed by atoms with E-state index in [1.54, 1.807) is 25.3 Å². The zero-order valence-corrected chi connectivity index (χ0v) is 23.0. The molecule has 39 heavy (non-hydrogen) atoms. The number of hydrogen-bond donors (Lipinski definition) is 3. The van der Waals surface area contributed by atoms with Gasteiger partial charge in [-0.05, 0) is 64.8 Å². The van der Waals surface area contributed by atoms with Crippen molar-refractivity contribution in [2.75, 3.05) is 13.7 Å². The number of phenols is 2. The van der Waals surface area contributed by atoms with Crippen molar-refractivity contribution in [3.8, 4) is 22.6 Å². The third kappa shape index (κ3) is 4.48. The molecule has 204 valence electrons. The summed E-state index contributed by atoms with van der Waals surface area (Å²) < 4.78 is 5.93. The number of Topliss-reactive ketones (excluding diaryl/α,β-unsaturated/α-hetero) is 1. The topological polar surface area (TPSA) is 87.0 Å². The fourth-order valence-electron chi connectivity index (χ4n) is 7.25. The number of carbonyl (C=O) groups is 1. The Balaban J connectivity index is 1.32. The molecule has 2 aliphatic rings. The minimum absolute atomic E-state index is 0.00645. The minimum Gasteiger partial charge on any atom is -0.508 e. The highest BCUT2D eigenvalue weighted by atomic mass is 16.5. The third-order valence-electron chi connectivity index (χ3n) is 9.53. The summed E-state index contributed by atoms with van der Waals surface area (Å²) in [6, 6.07) is 20.8. The van der Waals surface area contributed by atoms with Gasteiger partial charge < -0.3 is 20.1 Å². The van der Waals surface area contributed by atoms with Crippen LogP contribution in [0.5, 0.6) is 11.5 Å². The van der Waals surface area contributed by atoms with Crippen LogP contribution < -0.4 is 0 Å². The third-order valence-corrected chi connectivity index (χ3v) is 9.53. The van der Waals surface area contributed by atoms with E-state index in [1.807, 2.05) is 42.5 Å². The van der Waals surface area contributed by atoms with Crippen molar-refractivity contribution in [2.24, 2.45) is 22.7 Å². The molecule has 5 nitrogen and oxygen atoms in total. The quantitative estimate of drug-likeness (QED) is 0.294. The summed E-state index contributed by atoms with van der Waals surface area (Å²) in [6.45, 7) is 8.59. The lowest BCUT2D eigenvalue weighted by atomic mass is 9.58. The van der Waals surface area contributed by atoms with E-state index < -0.39 is 5.41 Å². The van der Waals surface area contributed by atoms with Gasteiger partial charge in [0.2, 0.25) is 0 Å². The van der Waals surface area contributed by atoms with Crippen LogP contribution in [-0.2, 0) is 22.4 Å². The molecule has 2 bridgehead atoms. The van der Waals surface area contributed by atoms with Crippen LogP contribution in [0.25, 0.3) is 11.1 Å². The standard InChI is InChI=1S/C34H38O5/c1-21-31-27(20-35)19-34(32(31)39-4,33(21,2)3)30(38)15-10-22-6-5-7-24(16-22)25-11-12-26(29(37)18-25)17-23-8-13-28(36)14-9-23/h5-9,11-14,16,18,27,31-32,35-37H,1,10,15,17,19-20H2,2-4H3/t27-,31+,32+,34+/m1/s1. The van der Waals surface area contributed by atoms with Gasteiger partial charge in [-0.25, -0.2) is 0 Å². The first-order chi connectivity index (χ1) is 18.6. The maximum atomic E-state index is 13.9. The average molecular weight is 527 g/mol. The lowest BCUT2D eigenvalue weighted by Crippen LogP contribution is -2.47. The molecular formula is C34H38O5. The van der Waals surface area contributed by atoms with E-state index in [-0.39, 0.29) is 47.2 Å². The second-order valence-electron chi connectivity index (χ2n) is 11.8. The average Bonchev–Trinajstić information content (AvgIpc) is 3.36. The van der Waals surface area contributed by atoms with Gasteiger partial charge in [-0.2, -0.15) is 0 Å². The summed E-state index contributed by atoms with van der Waals surface area (Å²) in [5, 5.41) is 30.2. The molecule has 3 aromatic carbocycles. The number of phenolic OH excluding ortho intramolecular Hbond substituents is 2. The molecule has 5 heteroatoms. The molecule has 0 saturated heterocycles. The molecule has 0 spiro atoms. The molecule has 0 aliphatic heterocycles. The summed E-state index contributed by atoms with van der Waals surface area (Å²) >= 11 is 0. The fraction of sp³-hybridized carbons (Fsp3) is 0.382. The lowest BCUT2D eigenvalue weighted by Gasteiger charge is -2.44. The van der Waals surface area contributed by atoms with Crippen LogP contribution >= 0.6 is 0 Å². The number of methoxy groups -OCH3 is 1. The number of fused-ring (bicyclic) bond motifs is 2. The molecule has 0 unspecified atom stereocenters. The summed E-state index contributed by atoms with van der Waals surface area (Å²) in [5.41, 5.74) is 4.72. The van der Waals surface area contributed by atoms with Crippen molar-refractivity contribution in [3.63, 3.8) is 0 Å². The minimum atomic E-state index is -0.673. The van der Waals surface area contributed by atoms with E-state index in [0.717, 1.165) is 33.4 Å². The fourth-order valence-corrected chi connectivity index (χ4v) is 7.25. The van der Waals surface area contributed by atoms with Crippen molar-refractivity contribution in [1.29, 1.82) is 0 Å². The van der Waals surface area contributed by atoms with Crippen LogP contribution in [0, 0.1) is 22.7 Å². The molecule has 2 saturated carbocycles. The molecule has 0 amide bonds. The van der Waals surface area contributed by atoms with Crippen molar-refractivity contribution in [3.05, 3.63) is 95.6 Å². The van der Waals surface area contributed by atoms with Gasteiger partial charge in [0.15, 0.2) is 0 Å². The van der Waals surface area contributed by atoms with Gasteiger partial charge in [0.25, 0.3) is 0 Å². The number of ketones is 1. The van der Waals surface area contributed by atoms with Gasteiger partial charge in [0.05, 0.1) is 11.5 Å². The van der Waals surface area contributed by atoms with Gasteiger partial charge >= 0.3 is 0 Å². The first-order valence-corrected chi connectivity index (χ1v) is 13.7. The summed E-state index contributed by atoms with van der Waals surface area (Å²) in [7, 11) is 1.67. The summed E-state index contributed by atoms with van der Waals surface area (Å²) in [6.07, 6.45) is 1.94. The second-order valence-corrected chi connectivity index (χ2v) is 11.8. The number of aliphatic hydroxyl groups excluding tert-OH is 1. The highest BCUT2D eigenvalue weighted by Gasteiger charge is 2.71. The number of rotatable bonds is 9. The highest BCUT2D eigenvalue weighted by Crippen LogP contribution is 2.69. The van der Waals surface area contributed by atoms with Gasteiger partial charge in [-0.3, -0.25) is 4.79 Å². The second kappa shape index (κ2) is 10.3. The molecular weight excluding hydrogens is 488 g/mol. The van der Waals surface area contributed by atoms with Gasteiger partial charge in [-0.1, -0.05) is 74.5 Å². The Kier molecular flexibility index (Phi) is 7.17. The maximum absolute atomic E-state index is 13.9. The Labute approximate surface area is 230 Å². The van der Waals surface area contributed by atoms with Crippen LogP contribution in [0.4, 0.5) is 0 Å². The van der Waals surface area contributed by atoms with Crippen LogP contribution in [0.15, 0.2) is 78.9 Å². The van der Waals surface area contributed by atoms with E-state index in [4.69, 9.17) is 4.74 Å². The smallest absolute Gasteiger partial charge is 0.142 e. The molecule has 2 aliphatic carbocycles. The largest absolute Gasteiger partial charge is 0.508 e. The van der Waals surface area contributed by atoms with Gasteiger partial charge in [0.1, 0.15) is 17.3 Å². The normalized spacial score (nSPS) is 25.2. The van der Waals surface area contributed by atoms with Gasteiger partial charge in [-0.15, -0.1) is 0 Å². The van der Waals surface area contributed by atoms with Crippen LogP contribution in [0.2, 0.25) is 0 Å². The monoisotopic (exact) mass is 526 g/mol. The van der Waals surface area contributed by atoms with E-state index >= 15 is 0 Å². The Morgan fingerprint density at radius 1 is 1.00 bits per heavy atom. The Bertz CT molecular complexity index is 1390. The Hall–Kier alpha value is -3.41. The first-order valence-electron chi connectivity index (χ1n) is 13.7. The number of hydrogen-bond acceptors (Lipinski definition) is 5. The first kappa shape index (κ1) is 27.2. The summed E-state index contributed by atoms with van der Waals surface area (Å²) in [4.78, 5) is 13.9. The van der Waals surface area contributed by atoms with Crippen molar-refractivity contribution in [1.82, 2.24) is 0 Å². The summed E-state index contributed by atoms with van der Waals surface area (Å²) in [5.74, 6) is 0.640. The van der Waals surface area contributed by atoms with E-state index in [2.05, 4.69) is 26.5 Å². The lowest BCUT2D eigenvalue weighted by molar-refractivity contribution is -0.141. The number of aliphatic hydroxyl groups is 1. The molecule has 4 atom stereocenters. The molecule has 5 rings (SSSR count). The predicted molar refractivity (Wildman–Crippen MR) is 153 cm³/mol. The van der Waals surface area contributed by atoms with Crippen molar-refractivity contribution >= 4 is 5.78 Å². The SMILES string of the molecule is C=C1[C@H]2[C@@H](CO)C[C@](C(=O)CCc3cccc(-c4ccc(Cc5ccc(O)cc5)c(O)c4)c3)([C@H]2OC)C1(C)C. The van der Waals surface area contributed by atoms with E-state index in [0.29, 0.717) is 25.7 Å². The Morgan fingerprint density at radius 3 is 2.38 bits per heavy atom. The van der Waals surface area contributed by atoms with E-state index in [1.165, 1.54) is 0 Å². The zero-order valence-electron chi connectivity index (χ0n) is 23.0. The Morgan fingerprint density at radius 2 is 1.72 bits per heavy atom. The zero-order chi connectivity index (χ0) is 27.9. The molecule has 2 fully saturated rings. The number of carbonyl (C=O) groups excluding carboxylic acids is 1. The van der Waals surface area contributed by atoms with Crippen LogP contribution in [0.3, 0.4) is 0 Å². The molecule has 0 aromatic heterocycles. The predicted octanol–water partition coefficient (Wildman–Crippen LogP) is 6.08. The molecule has 0 heterocycles. The van der Waals surface area contributed by atoms with Crippen molar-refractivity contribution in [2.45, 2.75) is 45.6 Å². The van der Waals surface area contributed by atoms with Crippen LogP contribution in [-0.4, -0.2) is 40.9 Å². The number of ether oxygens (including phenoxy) is 1. The van der Waals surface area contributed by atoms with E-state index in [9.17, 15) is 20.1 Å². The number of aryl methyl sites for hydroxylation is 1. The van der Waals surface area contributed by atoms with Crippen LogP contribution in [0.1, 0.15) is 43.4 Å².